The molecule has 0 radical (unpaired) electrons. The Bertz CT molecular complexity index is 395. The minimum atomic E-state index is -3.90. The number of rotatable bonds is 3. The summed E-state index contributed by atoms with van der Waals surface area (Å²) >= 11 is 0. The molecule has 1 rings (SSSR count). The Labute approximate surface area is 76.9 Å². The summed E-state index contributed by atoms with van der Waals surface area (Å²) in [4.78, 5) is -0.0230. The summed E-state index contributed by atoms with van der Waals surface area (Å²) in [6.07, 6.45) is 0. The quantitative estimate of drug-likeness (QED) is 0.669. The summed E-state index contributed by atoms with van der Waals surface area (Å²) < 4.78 is 36.0. The first-order valence-electron chi connectivity index (χ1n) is 3.50. The Balaban J connectivity index is 3.08. The van der Waals surface area contributed by atoms with Gasteiger partial charge in [-0.05, 0) is 0 Å². The summed E-state index contributed by atoms with van der Waals surface area (Å²) in [5, 5.41) is 0. The maximum absolute atomic E-state index is 11.1. The number of benzene rings is 1. The van der Waals surface area contributed by atoms with Gasteiger partial charge in [-0.25, -0.2) is 0 Å². The molecule has 0 aromatic heterocycles. The van der Waals surface area contributed by atoms with Crippen LogP contribution in [0.25, 0.3) is 0 Å². The summed E-state index contributed by atoms with van der Waals surface area (Å²) in [6.45, 7) is 1.83. The first kappa shape index (κ1) is 9.92. The van der Waals surface area contributed by atoms with Gasteiger partial charge in [0, 0.05) is 0 Å². The number of hydrogen-bond donors (Lipinski definition) is 0. The Morgan fingerprint density at radius 2 is 1.77 bits per heavy atom. The van der Waals surface area contributed by atoms with Crippen LogP contribution in [0.15, 0.2) is 29.2 Å². The molecule has 0 saturated heterocycles. The molecule has 0 saturated carbocycles. The minimum absolute atomic E-state index is 0.0230. The van der Waals surface area contributed by atoms with Gasteiger partial charge in [-0.2, -0.15) is 0 Å². The third-order valence-corrected chi connectivity index (χ3v) is 2.66. The van der Waals surface area contributed by atoms with Gasteiger partial charge in [0.25, 0.3) is 0 Å². The average molecular weight is 198 g/mol. The molecule has 0 bridgehead atoms. The van der Waals surface area contributed by atoms with Gasteiger partial charge in [0.15, 0.2) is 0 Å². The van der Waals surface area contributed by atoms with Gasteiger partial charge < -0.3 is 0 Å². The van der Waals surface area contributed by atoms with Crippen LogP contribution in [0.2, 0.25) is 0 Å². The second kappa shape index (κ2) is 3.70. The molecule has 0 fully saturated rings. The van der Waals surface area contributed by atoms with Crippen molar-refractivity contribution in [1.29, 1.82) is 0 Å². The third kappa shape index (κ3) is 2.38. The van der Waals surface area contributed by atoms with Crippen molar-refractivity contribution >= 4 is 17.5 Å². The van der Waals surface area contributed by atoms with Crippen molar-refractivity contribution in [2.24, 2.45) is 0 Å². The van der Waals surface area contributed by atoms with E-state index in [4.69, 9.17) is 0 Å². The van der Waals surface area contributed by atoms with Crippen molar-refractivity contribution in [3.8, 4) is 0 Å². The second-order valence-electron chi connectivity index (χ2n) is 2.46. The Morgan fingerprint density at radius 1 is 1.23 bits per heavy atom. The number of aryl methyl sites for hydroxylation is 1. The van der Waals surface area contributed by atoms with Crippen LogP contribution in [0.4, 0.5) is 0 Å². The van der Waals surface area contributed by atoms with E-state index in [0.29, 0.717) is 0 Å². The standard InChI is InChI=1S/C7H7BO4S/c1-6-2-4-7(5-3-6)13(10,11)12-8-9/h2-5H,1H3. The van der Waals surface area contributed by atoms with Gasteiger partial charge in [-0.1, -0.05) is 0 Å². The van der Waals surface area contributed by atoms with Gasteiger partial charge >= 0.3 is 76.3 Å². The molecular weight excluding hydrogens is 191 g/mol. The fourth-order valence-corrected chi connectivity index (χ4v) is 1.50. The average Bonchev–Trinajstić information content (AvgIpc) is 2.05. The summed E-state index contributed by atoms with van der Waals surface area (Å²) in [7, 11) is -4.00. The topological polar surface area (TPSA) is 60.4 Å². The molecule has 1 aromatic carbocycles. The Kier molecular flexibility index (Phi) is 2.82. The van der Waals surface area contributed by atoms with E-state index in [1.54, 1.807) is 12.1 Å². The summed E-state index contributed by atoms with van der Waals surface area (Å²) in [6, 6.07) is 6.02. The van der Waals surface area contributed by atoms with E-state index < -0.39 is 10.1 Å². The maximum atomic E-state index is 11.1. The summed E-state index contributed by atoms with van der Waals surface area (Å²) in [5.74, 6) is 0. The van der Waals surface area contributed by atoms with E-state index in [1.807, 2.05) is 6.92 Å². The van der Waals surface area contributed by atoms with Crippen LogP contribution in [0.5, 0.6) is 0 Å². The molecular formula is C7H7BO4S. The number of hydrogen-bond acceptors (Lipinski definition) is 4. The van der Waals surface area contributed by atoms with E-state index >= 15 is 0 Å². The van der Waals surface area contributed by atoms with E-state index in [0.717, 1.165) is 5.56 Å². The van der Waals surface area contributed by atoms with Crippen LogP contribution in [-0.2, 0) is 18.9 Å². The molecule has 0 aliphatic heterocycles. The predicted octanol–water partition coefficient (Wildman–Crippen LogP) is 0.665. The van der Waals surface area contributed by atoms with E-state index in [2.05, 4.69) is 4.10 Å². The molecule has 68 valence electrons. The predicted molar refractivity (Wildman–Crippen MR) is 45.9 cm³/mol. The van der Waals surface area contributed by atoms with Crippen molar-refractivity contribution in [1.82, 2.24) is 0 Å². The zero-order valence-electron chi connectivity index (χ0n) is 6.93. The van der Waals surface area contributed by atoms with Gasteiger partial charge in [0.1, 0.15) is 0 Å². The third-order valence-electron chi connectivity index (χ3n) is 1.48. The molecule has 0 heterocycles. The van der Waals surface area contributed by atoms with Crippen molar-refractivity contribution in [2.45, 2.75) is 11.8 Å². The Morgan fingerprint density at radius 3 is 2.23 bits per heavy atom. The van der Waals surface area contributed by atoms with Crippen LogP contribution >= 0.6 is 0 Å². The van der Waals surface area contributed by atoms with Gasteiger partial charge in [-0.3, -0.25) is 0 Å². The zero-order chi connectivity index (χ0) is 9.90. The first-order valence-corrected chi connectivity index (χ1v) is 4.91. The van der Waals surface area contributed by atoms with Gasteiger partial charge in [-0.15, -0.1) is 0 Å². The molecule has 0 amide bonds. The van der Waals surface area contributed by atoms with E-state index in [1.165, 1.54) is 12.1 Å². The molecule has 0 atom stereocenters. The van der Waals surface area contributed by atoms with Gasteiger partial charge in [0.05, 0.1) is 0 Å². The monoisotopic (exact) mass is 198 g/mol. The second-order valence-corrected chi connectivity index (χ2v) is 4.03. The molecule has 0 spiro atoms. The molecule has 1 aromatic rings. The van der Waals surface area contributed by atoms with Gasteiger partial charge in [0.2, 0.25) is 0 Å². The van der Waals surface area contributed by atoms with E-state index in [9.17, 15) is 13.1 Å². The molecule has 13 heavy (non-hydrogen) atoms. The molecule has 0 unspecified atom stereocenters. The van der Waals surface area contributed by atoms with Crippen molar-refractivity contribution in [3.05, 3.63) is 29.8 Å². The molecule has 6 heteroatoms. The van der Waals surface area contributed by atoms with Crippen molar-refractivity contribution in [3.63, 3.8) is 0 Å². The molecule has 0 N–H and O–H groups in total. The SMILES string of the molecule is Cc1ccc(S(=O)(=O)OB=O)cc1. The van der Waals surface area contributed by atoms with E-state index in [-0.39, 0.29) is 12.2 Å². The molecule has 0 aliphatic rings. The zero-order valence-corrected chi connectivity index (χ0v) is 7.74. The molecule has 0 aliphatic carbocycles. The molecule has 4 nitrogen and oxygen atoms in total. The Hall–Kier alpha value is -1.17. The summed E-state index contributed by atoms with van der Waals surface area (Å²) in [5.41, 5.74) is 0.935. The first-order chi connectivity index (χ1) is 6.06. The van der Waals surface area contributed by atoms with Crippen LogP contribution in [0, 0.1) is 6.92 Å². The van der Waals surface area contributed by atoms with Crippen LogP contribution < -0.4 is 0 Å². The normalized spacial score (nSPS) is 10.5. The van der Waals surface area contributed by atoms with Crippen molar-refractivity contribution in [2.75, 3.05) is 0 Å². The van der Waals surface area contributed by atoms with Crippen LogP contribution in [0.1, 0.15) is 5.56 Å². The fraction of sp³-hybridized carbons (Fsp3) is 0.143. The van der Waals surface area contributed by atoms with Crippen molar-refractivity contribution < 1.29 is 17.2 Å². The van der Waals surface area contributed by atoms with Crippen LogP contribution in [-0.4, -0.2) is 15.8 Å². The van der Waals surface area contributed by atoms with Crippen LogP contribution in [0.3, 0.4) is 0 Å². The fourth-order valence-electron chi connectivity index (χ4n) is 0.812.